The van der Waals surface area contributed by atoms with E-state index in [0.29, 0.717) is 0 Å². The van der Waals surface area contributed by atoms with E-state index in [2.05, 4.69) is 18.2 Å². The summed E-state index contributed by atoms with van der Waals surface area (Å²) >= 11 is 0. The third-order valence-electron chi connectivity index (χ3n) is 5.05. The molecule has 26 heavy (non-hydrogen) atoms. The molecule has 0 heterocycles. The summed E-state index contributed by atoms with van der Waals surface area (Å²) in [5.41, 5.74) is 4.93. The van der Waals surface area contributed by atoms with Crippen LogP contribution in [0.3, 0.4) is 0 Å². The number of hydrogen-bond donors (Lipinski definition) is 0. The molecule has 3 heteroatoms. The van der Waals surface area contributed by atoms with Crippen LogP contribution in [0.2, 0.25) is 0 Å². The van der Waals surface area contributed by atoms with Crippen LogP contribution in [0.15, 0.2) is 66.7 Å². The van der Waals surface area contributed by atoms with Gasteiger partial charge in [-0.25, -0.2) is 0 Å². The highest BCUT2D eigenvalue weighted by molar-refractivity contribution is 6.12. The van der Waals surface area contributed by atoms with Gasteiger partial charge in [-0.05, 0) is 35.2 Å². The normalized spacial score (nSPS) is 13.1. The van der Waals surface area contributed by atoms with Crippen LogP contribution in [0.4, 0.5) is 0 Å². The molecule has 0 radical (unpaired) electrons. The summed E-state index contributed by atoms with van der Waals surface area (Å²) in [4.78, 5) is 12.9. The minimum Gasteiger partial charge on any atom is -0.493 e. The minimum absolute atomic E-state index is 0.111. The third kappa shape index (κ3) is 2.66. The van der Waals surface area contributed by atoms with Crippen LogP contribution in [0.1, 0.15) is 38.5 Å². The molecular weight excluding hydrogens is 324 g/mol. The molecular formula is C23H20O3. The minimum atomic E-state index is 0.111. The molecule has 0 unspecified atom stereocenters. The van der Waals surface area contributed by atoms with Crippen LogP contribution in [-0.4, -0.2) is 20.0 Å². The number of fused-ring (bicyclic) bond motifs is 2. The molecule has 4 rings (SSSR count). The highest BCUT2D eigenvalue weighted by Crippen LogP contribution is 2.39. The van der Waals surface area contributed by atoms with Gasteiger partial charge >= 0.3 is 0 Å². The van der Waals surface area contributed by atoms with Crippen LogP contribution in [-0.2, 0) is 6.42 Å². The fourth-order valence-corrected chi connectivity index (χ4v) is 3.79. The van der Waals surface area contributed by atoms with Gasteiger partial charge in [0.25, 0.3) is 0 Å². The van der Waals surface area contributed by atoms with E-state index in [1.54, 1.807) is 14.2 Å². The van der Waals surface area contributed by atoms with Crippen LogP contribution in [0, 0.1) is 0 Å². The van der Waals surface area contributed by atoms with Crippen LogP contribution in [0.5, 0.6) is 11.5 Å². The SMILES string of the molecule is COc1ccc(CC2c3ccccc3C(=O)c3ccccc32)cc1OC. The summed E-state index contributed by atoms with van der Waals surface area (Å²) in [6.07, 6.45) is 0.793. The Hall–Kier alpha value is -3.07. The van der Waals surface area contributed by atoms with E-state index in [4.69, 9.17) is 9.47 Å². The Kier molecular flexibility index (Phi) is 4.21. The number of ketones is 1. The Morgan fingerprint density at radius 3 is 1.92 bits per heavy atom. The van der Waals surface area contributed by atoms with Gasteiger partial charge in [0, 0.05) is 17.0 Å². The monoisotopic (exact) mass is 344 g/mol. The predicted molar refractivity (Wildman–Crippen MR) is 101 cm³/mol. The third-order valence-corrected chi connectivity index (χ3v) is 5.05. The maximum Gasteiger partial charge on any atom is 0.193 e. The number of carbonyl (C=O) groups is 1. The molecule has 0 amide bonds. The fraction of sp³-hybridized carbons (Fsp3) is 0.174. The zero-order chi connectivity index (χ0) is 18.1. The van der Waals surface area contributed by atoms with Gasteiger partial charge < -0.3 is 9.47 Å². The van der Waals surface area contributed by atoms with Gasteiger partial charge in [-0.2, -0.15) is 0 Å². The first kappa shape index (κ1) is 16.4. The molecule has 1 aliphatic rings. The molecule has 3 aromatic carbocycles. The molecule has 0 fully saturated rings. The first-order valence-electron chi connectivity index (χ1n) is 8.66. The molecule has 0 atom stereocenters. The van der Waals surface area contributed by atoms with Gasteiger partial charge in [0.1, 0.15) is 0 Å². The summed E-state index contributed by atoms with van der Waals surface area (Å²) in [5.74, 6) is 1.69. The first-order chi connectivity index (χ1) is 12.7. The van der Waals surface area contributed by atoms with Gasteiger partial charge in [0.05, 0.1) is 14.2 Å². The van der Waals surface area contributed by atoms with E-state index in [1.165, 1.54) is 0 Å². The Morgan fingerprint density at radius 1 is 0.769 bits per heavy atom. The van der Waals surface area contributed by atoms with E-state index >= 15 is 0 Å². The largest absolute Gasteiger partial charge is 0.493 e. The smallest absolute Gasteiger partial charge is 0.193 e. The van der Waals surface area contributed by atoms with Crippen molar-refractivity contribution in [3.63, 3.8) is 0 Å². The highest BCUT2D eigenvalue weighted by Gasteiger charge is 2.30. The lowest BCUT2D eigenvalue weighted by atomic mass is 9.75. The molecule has 0 bridgehead atoms. The summed E-state index contributed by atoms with van der Waals surface area (Å²) in [5, 5.41) is 0. The second-order valence-electron chi connectivity index (χ2n) is 6.45. The van der Waals surface area contributed by atoms with Gasteiger partial charge in [0.2, 0.25) is 0 Å². The van der Waals surface area contributed by atoms with Crippen LogP contribution >= 0.6 is 0 Å². The molecule has 3 aromatic rings. The van der Waals surface area contributed by atoms with Crippen LogP contribution < -0.4 is 9.47 Å². The second-order valence-corrected chi connectivity index (χ2v) is 6.45. The van der Waals surface area contributed by atoms with Crippen molar-refractivity contribution >= 4 is 5.78 Å². The van der Waals surface area contributed by atoms with Gasteiger partial charge in [-0.15, -0.1) is 0 Å². The Labute approximate surface area is 153 Å². The van der Waals surface area contributed by atoms with Crippen molar-refractivity contribution in [2.75, 3.05) is 14.2 Å². The number of methoxy groups -OCH3 is 2. The van der Waals surface area contributed by atoms with Crippen molar-refractivity contribution < 1.29 is 14.3 Å². The quantitative estimate of drug-likeness (QED) is 0.693. The van der Waals surface area contributed by atoms with E-state index in [-0.39, 0.29) is 11.7 Å². The van der Waals surface area contributed by atoms with E-state index in [1.807, 2.05) is 48.5 Å². The number of hydrogen-bond acceptors (Lipinski definition) is 3. The molecule has 3 nitrogen and oxygen atoms in total. The van der Waals surface area contributed by atoms with Crippen molar-refractivity contribution in [3.05, 3.63) is 94.5 Å². The molecule has 0 spiro atoms. The lowest BCUT2D eigenvalue weighted by Crippen LogP contribution is -2.20. The van der Waals surface area contributed by atoms with Crippen LogP contribution in [0.25, 0.3) is 0 Å². The fourth-order valence-electron chi connectivity index (χ4n) is 3.79. The molecule has 1 aliphatic carbocycles. The maximum atomic E-state index is 12.9. The van der Waals surface area contributed by atoms with Crippen molar-refractivity contribution in [3.8, 4) is 11.5 Å². The lowest BCUT2D eigenvalue weighted by Gasteiger charge is -2.27. The van der Waals surface area contributed by atoms with Crippen molar-refractivity contribution in [2.45, 2.75) is 12.3 Å². The highest BCUT2D eigenvalue weighted by atomic mass is 16.5. The average molecular weight is 344 g/mol. The first-order valence-corrected chi connectivity index (χ1v) is 8.66. The second kappa shape index (κ2) is 6.68. The van der Waals surface area contributed by atoms with Crippen molar-refractivity contribution in [1.82, 2.24) is 0 Å². The van der Waals surface area contributed by atoms with E-state index in [9.17, 15) is 4.79 Å². The zero-order valence-corrected chi connectivity index (χ0v) is 14.9. The summed E-state index contributed by atoms with van der Waals surface area (Å²) in [6, 6.07) is 21.8. The molecule has 0 saturated heterocycles. The summed E-state index contributed by atoms with van der Waals surface area (Å²) in [7, 11) is 3.28. The number of carbonyl (C=O) groups excluding carboxylic acids is 1. The van der Waals surface area contributed by atoms with Crippen molar-refractivity contribution in [1.29, 1.82) is 0 Å². The number of benzene rings is 3. The van der Waals surface area contributed by atoms with E-state index in [0.717, 1.165) is 45.7 Å². The predicted octanol–water partition coefficient (Wildman–Crippen LogP) is 4.62. The number of ether oxygens (including phenoxy) is 2. The van der Waals surface area contributed by atoms with E-state index < -0.39 is 0 Å². The molecule has 0 N–H and O–H groups in total. The van der Waals surface area contributed by atoms with Gasteiger partial charge in [0.15, 0.2) is 17.3 Å². The standard InChI is InChI=1S/C23H20O3/c1-25-21-12-11-15(14-22(21)26-2)13-20-16-7-3-5-9-18(16)23(24)19-10-6-4-8-17(19)20/h3-12,14,20H,13H2,1-2H3. The van der Waals surface area contributed by atoms with Crippen molar-refractivity contribution in [2.24, 2.45) is 0 Å². The maximum absolute atomic E-state index is 12.9. The topological polar surface area (TPSA) is 35.5 Å². The number of rotatable bonds is 4. The Bertz CT molecular complexity index is 925. The summed E-state index contributed by atoms with van der Waals surface area (Å²) in [6.45, 7) is 0. The summed E-state index contributed by atoms with van der Waals surface area (Å²) < 4.78 is 10.8. The molecule has 0 aliphatic heterocycles. The zero-order valence-electron chi connectivity index (χ0n) is 14.9. The molecule has 130 valence electrons. The van der Waals surface area contributed by atoms with Gasteiger partial charge in [-0.3, -0.25) is 4.79 Å². The van der Waals surface area contributed by atoms with Gasteiger partial charge in [-0.1, -0.05) is 54.6 Å². The molecule has 0 saturated carbocycles. The average Bonchev–Trinajstić information content (AvgIpc) is 2.71. The Morgan fingerprint density at radius 2 is 1.35 bits per heavy atom. The lowest BCUT2D eigenvalue weighted by molar-refractivity contribution is 0.103. The Balaban J connectivity index is 1.80. The molecule has 0 aromatic heterocycles.